The number of hydrogen-bond acceptors (Lipinski definition) is 4. The number of nitrogens with zero attached hydrogens (tertiary/aromatic N) is 2. The van der Waals surface area contributed by atoms with Gasteiger partial charge in [-0.15, -0.1) is 0 Å². The summed E-state index contributed by atoms with van der Waals surface area (Å²) in [6.45, 7) is 1.75. The van der Waals surface area contributed by atoms with E-state index in [9.17, 15) is 9.59 Å². The summed E-state index contributed by atoms with van der Waals surface area (Å²) in [5, 5.41) is 15.1. The number of ether oxygens (including phenoxy) is 1. The number of carboxylic acid groups (broad SMARTS) is 1. The van der Waals surface area contributed by atoms with Crippen molar-refractivity contribution in [2.24, 2.45) is 0 Å². The van der Waals surface area contributed by atoms with Crippen LogP contribution in [0.1, 0.15) is 5.69 Å². The molecule has 0 radical (unpaired) electrons. The number of cyclic esters (lactones) is 1. The molecule has 1 amide bonds. The molecule has 1 aliphatic heterocycles. The second kappa shape index (κ2) is 3.26. The molecule has 0 spiro atoms. The fourth-order valence-electron chi connectivity index (χ4n) is 1.40. The van der Waals surface area contributed by atoms with Crippen molar-refractivity contribution in [3.8, 4) is 0 Å². The van der Waals surface area contributed by atoms with Crippen molar-refractivity contribution in [2.45, 2.75) is 13.0 Å². The minimum atomic E-state index is -1.15. The van der Waals surface area contributed by atoms with Crippen LogP contribution in [0, 0.1) is 6.92 Å². The van der Waals surface area contributed by atoms with Crippen LogP contribution >= 0.6 is 0 Å². The van der Waals surface area contributed by atoms with E-state index in [0.717, 1.165) is 0 Å². The predicted molar refractivity (Wildman–Crippen MR) is 48.6 cm³/mol. The molecule has 1 saturated heterocycles. The smallest absolute Gasteiger partial charge is 0.415 e. The zero-order valence-corrected chi connectivity index (χ0v) is 7.93. The Morgan fingerprint density at radius 3 is 3.00 bits per heavy atom. The number of rotatable bonds is 2. The topological polar surface area (TPSA) is 95.5 Å². The Balaban J connectivity index is 2.22. The molecular formula is C8H9N3O4. The van der Waals surface area contributed by atoms with Crippen molar-refractivity contribution in [3.63, 3.8) is 0 Å². The molecule has 1 atom stereocenters. The number of hydrogen-bond donors (Lipinski definition) is 2. The molecule has 0 saturated carbocycles. The Kier molecular flexibility index (Phi) is 2.07. The third-order valence-electron chi connectivity index (χ3n) is 2.18. The molecule has 1 aromatic heterocycles. The van der Waals surface area contributed by atoms with Gasteiger partial charge >= 0.3 is 12.1 Å². The molecule has 0 aliphatic carbocycles. The van der Waals surface area contributed by atoms with E-state index in [1.54, 1.807) is 6.92 Å². The maximum Gasteiger partial charge on any atom is 0.415 e. The van der Waals surface area contributed by atoms with Crippen LogP contribution < -0.4 is 4.90 Å². The Labute approximate surface area is 84.6 Å². The van der Waals surface area contributed by atoms with Gasteiger partial charge in [-0.2, -0.15) is 5.10 Å². The van der Waals surface area contributed by atoms with Crippen LogP contribution in [-0.2, 0) is 9.53 Å². The van der Waals surface area contributed by atoms with E-state index in [2.05, 4.69) is 14.9 Å². The van der Waals surface area contributed by atoms with Gasteiger partial charge in [-0.3, -0.25) is 10.00 Å². The van der Waals surface area contributed by atoms with Gasteiger partial charge in [0.05, 0.1) is 24.1 Å². The molecule has 1 aromatic rings. The van der Waals surface area contributed by atoms with Gasteiger partial charge in [-0.1, -0.05) is 0 Å². The fourth-order valence-corrected chi connectivity index (χ4v) is 1.40. The number of carbonyl (C=O) groups is 2. The van der Waals surface area contributed by atoms with Gasteiger partial charge in [-0.25, -0.2) is 9.59 Å². The van der Waals surface area contributed by atoms with Crippen LogP contribution in [0.25, 0.3) is 0 Å². The highest BCUT2D eigenvalue weighted by Gasteiger charge is 2.37. The van der Waals surface area contributed by atoms with E-state index in [4.69, 9.17) is 5.11 Å². The Morgan fingerprint density at radius 1 is 1.80 bits per heavy atom. The maximum atomic E-state index is 11.3. The standard InChI is InChI=1S/C8H9N3O4/c1-4-5(2-9-10-4)11-3-6(7(12)13)15-8(11)14/h2,6H,3H2,1H3,(H,9,10)(H,12,13). The Morgan fingerprint density at radius 2 is 2.53 bits per heavy atom. The number of aryl methyl sites for hydroxylation is 1. The highest BCUT2D eigenvalue weighted by molar-refractivity contribution is 5.94. The third kappa shape index (κ3) is 1.51. The first-order valence-electron chi connectivity index (χ1n) is 4.30. The predicted octanol–water partition coefficient (Wildman–Crippen LogP) is 0.128. The summed E-state index contributed by atoms with van der Waals surface area (Å²) in [5.41, 5.74) is 1.24. The van der Waals surface area contributed by atoms with Gasteiger partial charge in [-0.05, 0) is 6.92 Å². The van der Waals surface area contributed by atoms with Crippen LogP contribution in [0.15, 0.2) is 6.20 Å². The van der Waals surface area contributed by atoms with Crippen LogP contribution in [0.5, 0.6) is 0 Å². The summed E-state index contributed by atoms with van der Waals surface area (Å²) in [6.07, 6.45) is -0.306. The summed E-state index contributed by atoms with van der Waals surface area (Å²) in [6, 6.07) is 0. The zero-order valence-electron chi connectivity index (χ0n) is 7.93. The first-order valence-corrected chi connectivity index (χ1v) is 4.30. The Hall–Kier alpha value is -2.05. The van der Waals surface area contributed by atoms with E-state index in [1.165, 1.54) is 11.1 Å². The third-order valence-corrected chi connectivity index (χ3v) is 2.18. The maximum absolute atomic E-state index is 11.3. The number of aromatic amines is 1. The van der Waals surface area contributed by atoms with Crippen LogP contribution in [-0.4, -0.2) is 40.0 Å². The molecule has 7 nitrogen and oxygen atoms in total. The minimum Gasteiger partial charge on any atom is -0.478 e. The fraction of sp³-hybridized carbons (Fsp3) is 0.375. The highest BCUT2D eigenvalue weighted by atomic mass is 16.6. The molecule has 1 aliphatic rings. The second-order valence-electron chi connectivity index (χ2n) is 3.20. The van der Waals surface area contributed by atoms with Crippen molar-refractivity contribution < 1.29 is 19.4 Å². The van der Waals surface area contributed by atoms with Crippen molar-refractivity contribution >= 4 is 17.7 Å². The van der Waals surface area contributed by atoms with Crippen LogP contribution in [0.3, 0.4) is 0 Å². The van der Waals surface area contributed by atoms with Crippen LogP contribution in [0.2, 0.25) is 0 Å². The largest absolute Gasteiger partial charge is 0.478 e. The molecular weight excluding hydrogens is 202 g/mol. The average Bonchev–Trinajstić information content (AvgIpc) is 2.71. The van der Waals surface area contributed by atoms with Crippen molar-refractivity contribution in [2.75, 3.05) is 11.4 Å². The second-order valence-corrected chi connectivity index (χ2v) is 3.20. The monoisotopic (exact) mass is 211 g/mol. The first kappa shape index (κ1) is 9.50. The molecule has 2 rings (SSSR count). The first-order chi connectivity index (χ1) is 7.09. The molecule has 2 N–H and O–H groups in total. The van der Waals surface area contributed by atoms with Gasteiger partial charge < -0.3 is 9.84 Å². The zero-order chi connectivity index (χ0) is 11.0. The van der Waals surface area contributed by atoms with Crippen molar-refractivity contribution in [1.29, 1.82) is 0 Å². The molecule has 0 bridgehead atoms. The molecule has 0 aromatic carbocycles. The summed E-state index contributed by atoms with van der Waals surface area (Å²) in [5.74, 6) is -1.15. The highest BCUT2D eigenvalue weighted by Crippen LogP contribution is 2.23. The lowest BCUT2D eigenvalue weighted by Crippen LogP contribution is -2.27. The summed E-state index contributed by atoms with van der Waals surface area (Å²) >= 11 is 0. The number of nitrogens with one attached hydrogen (secondary N) is 1. The number of aromatic nitrogens is 2. The number of H-pyrrole nitrogens is 1. The average molecular weight is 211 g/mol. The SMILES string of the molecule is Cc1[nH]ncc1N1CC(C(=O)O)OC1=O. The number of carbonyl (C=O) groups excluding carboxylic acids is 1. The number of anilines is 1. The number of carboxylic acids is 1. The van der Waals surface area contributed by atoms with Gasteiger partial charge in [0.2, 0.25) is 6.10 Å². The molecule has 80 valence electrons. The van der Waals surface area contributed by atoms with E-state index in [-0.39, 0.29) is 6.54 Å². The lowest BCUT2D eigenvalue weighted by molar-refractivity contribution is -0.144. The lowest BCUT2D eigenvalue weighted by atomic mass is 10.3. The van der Waals surface area contributed by atoms with E-state index < -0.39 is 18.2 Å². The summed E-state index contributed by atoms with van der Waals surface area (Å²) < 4.78 is 4.66. The van der Waals surface area contributed by atoms with Gasteiger partial charge in [0.1, 0.15) is 0 Å². The molecule has 2 heterocycles. The number of aliphatic carboxylic acids is 1. The van der Waals surface area contributed by atoms with Gasteiger partial charge in [0.25, 0.3) is 0 Å². The molecule has 1 fully saturated rings. The normalized spacial score (nSPS) is 20.5. The summed E-state index contributed by atoms with van der Waals surface area (Å²) in [4.78, 5) is 23.2. The van der Waals surface area contributed by atoms with E-state index in [0.29, 0.717) is 11.4 Å². The Bertz CT molecular complexity index is 414. The molecule has 15 heavy (non-hydrogen) atoms. The summed E-state index contributed by atoms with van der Waals surface area (Å²) in [7, 11) is 0. The molecule has 7 heteroatoms. The van der Waals surface area contributed by atoms with Crippen molar-refractivity contribution in [1.82, 2.24) is 10.2 Å². The lowest BCUT2D eigenvalue weighted by Gasteiger charge is -2.10. The van der Waals surface area contributed by atoms with Crippen molar-refractivity contribution in [3.05, 3.63) is 11.9 Å². The number of amides is 1. The van der Waals surface area contributed by atoms with E-state index >= 15 is 0 Å². The van der Waals surface area contributed by atoms with Crippen LogP contribution in [0.4, 0.5) is 10.5 Å². The quantitative estimate of drug-likeness (QED) is 0.724. The van der Waals surface area contributed by atoms with E-state index in [1.807, 2.05) is 0 Å². The van der Waals surface area contributed by atoms with Gasteiger partial charge in [0.15, 0.2) is 0 Å². The van der Waals surface area contributed by atoms with Gasteiger partial charge in [0, 0.05) is 0 Å². The minimum absolute atomic E-state index is 0.00847. The molecule has 1 unspecified atom stereocenters.